The summed E-state index contributed by atoms with van der Waals surface area (Å²) in [5.74, 6) is -1.97. The van der Waals surface area contributed by atoms with Gasteiger partial charge in [-0.05, 0) is 29.3 Å². The number of benzene rings is 3. The van der Waals surface area contributed by atoms with Gasteiger partial charge < -0.3 is 4.90 Å². The molecule has 0 bridgehead atoms. The number of carbonyl (C=O) groups excluding carboxylic acids is 2. The van der Waals surface area contributed by atoms with Crippen LogP contribution in [0.15, 0.2) is 84.6 Å². The Hall–Kier alpha value is -3.80. The Bertz CT molecular complexity index is 1160. The minimum absolute atomic E-state index is 0.180. The number of imide groups is 1. The molecule has 1 aliphatic heterocycles. The maximum Gasteiger partial charge on any atom is 0.278 e. The van der Waals surface area contributed by atoms with Crippen molar-refractivity contribution in [1.29, 1.82) is 0 Å². The molecule has 1 aliphatic rings. The number of hydrogen-bond acceptors (Lipinski definition) is 3. The molecule has 6 heteroatoms. The van der Waals surface area contributed by atoms with Crippen LogP contribution < -0.4 is 0 Å². The Labute approximate surface area is 179 Å². The highest BCUT2D eigenvalue weighted by Gasteiger charge is 2.41. The highest BCUT2D eigenvalue weighted by atomic mass is 19.1. The van der Waals surface area contributed by atoms with E-state index in [1.807, 2.05) is 30.3 Å². The second-order valence-electron chi connectivity index (χ2n) is 7.36. The topological polar surface area (TPSA) is 40.6 Å². The van der Waals surface area contributed by atoms with Crippen molar-refractivity contribution >= 4 is 17.4 Å². The van der Waals surface area contributed by atoms with E-state index in [9.17, 15) is 18.4 Å². The second-order valence-corrected chi connectivity index (χ2v) is 7.36. The molecule has 0 N–H and O–H groups in total. The van der Waals surface area contributed by atoms with Gasteiger partial charge in [0, 0.05) is 19.2 Å². The zero-order chi connectivity index (χ0) is 22.0. The van der Waals surface area contributed by atoms with Gasteiger partial charge in [0.25, 0.3) is 11.8 Å². The average molecular weight is 418 g/mol. The molecule has 1 heterocycles. The molecule has 3 aromatic rings. The number of halogens is 2. The molecule has 0 spiro atoms. The predicted molar refractivity (Wildman–Crippen MR) is 113 cm³/mol. The molecule has 156 valence electrons. The van der Waals surface area contributed by atoms with Crippen molar-refractivity contribution in [3.63, 3.8) is 0 Å². The van der Waals surface area contributed by atoms with Gasteiger partial charge in [-0.2, -0.15) is 0 Å². The fourth-order valence-electron chi connectivity index (χ4n) is 3.67. The summed E-state index contributed by atoms with van der Waals surface area (Å²) in [5, 5.41) is 0. The number of likely N-dealkylation sites (N-methyl/N-ethyl adjacent to an activating group) is 1. The summed E-state index contributed by atoms with van der Waals surface area (Å²) >= 11 is 0. The third kappa shape index (κ3) is 4.10. The molecule has 0 atom stereocenters. The molecule has 0 aliphatic carbocycles. The van der Waals surface area contributed by atoms with E-state index in [0.717, 1.165) is 10.5 Å². The maximum atomic E-state index is 14.2. The van der Waals surface area contributed by atoms with Gasteiger partial charge in [-0.1, -0.05) is 60.7 Å². The summed E-state index contributed by atoms with van der Waals surface area (Å²) < 4.78 is 27.7. The molecule has 0 saturated carbocycles. The van der Waals surface area contributed by atoms with Crippen LogP contribution in [0, 0.1) is 11.6 Å². The van der Waals surface area contributed by atoms with Crippen LogP contribution in [0.3, 0.4) is 0 Å². The fourth-order valence-corrected chi connectivity index (χ4v) is 3.67. The Morgan fingerprint density at radius 2 is 1.45 bits per heavy atom. The van der Waals surface area contributed by atoms with Crippen LogP contribution in [0.25, 0.3) is 5.57 Å². The summed E-state index contributed by atoms with van der Waals surface area (Å²) in [4.78, 5) is 29.4. The summed E-state index contributed by atoms with van der Waals surface area (Å²) in [7, 11) is 1.73. The van der Waals surface area contributed by atoms with Crippen LogP contribution in [0.5, 0.6) is 0 Å². The lowest BCUT2D eigenvalue weighted by Crippen LogP contribution is -2.34. The zero-order valence-corrected chi connectivity index (χ0v) is 16.9. The van der Waals surface area contributed by atoms with E-state index in [2.05, 4.69) is 0 Å². The second kappa shape index (κ2) is 8.52. The summed E-state index contributed by atoms with van der Waals surface area (Å²) in [6, 6.07) is 21.0. The average Bonchev–Trinajstić information content (AvgIpc) is 3.01. The van der Waals surface area contributed by atoms with E-state index >= 15 is 0 Å². The van der Waals surface area contributed by atoms with Crippen LogP contribution >= 0.6 is 0 Å². The molecular weight excluding hydrogens is 398 g/mol. The summed E-state index contributed by atoms with van der Waals surface area (Å²) in [6.45, 7) is 0.213. The first-order valence-electron chi connectivity index (χ1n) is 9.80. The normalized spacial score (nSPS) is 13.8. The van der Waals surface area contributed by atoms with Crippen LogP contribution in [-0.2, 0) is 22.7 Å². The molecule has 4 nitrogen and oxygen atoms in total. The number of hydrogen-bond donors (Lipinski definition) is 0. The van der Waals surface area contributed by atoms with Crippen LogP contribution in [0.2, 0.25) is 0 Å². The molecule has 4 rings (SSSR count). The van der Waals surface area contributed by atoms with Crippen molar-refractivity contribution in [2.45, 2.75) is 13.1 Å². The first-order valence-corrected chi connectivity index (χ1v) is 9.80. The SMILES string of the molecule is CN(Cc1ccccc1)C1=C(c2ccc(F)cc2)C(=O)N(Cc2ccccc2F)C1=O. The van der Waals surface area contributed by atoms with Crippen LogP contribution in [-0.4, -0.2) is 28.7 Å². The van der Waals surface area contributed by atoms with Crippen LogP contribution in [0.4, 0.5) is 8.78 Å². The molecule has 0 saturated heterocycles. The minimum atomic E-state index is -0.533. The molecule has 0 unspecified atom stereocenters. The van der Waals surface area contributed by atoms with Crippen molar-refractivity contribution in [3.05, 3.63) is 113 Å². The smallest absolute Gasteiger partial charge is 0.278 e. The van der Waals surface area contributed by atoms with Crippen molar-refractivity contribution in [3.8, 4) is 0 Å². The van der Waals surface area contributed by atoms with Gasteiger partial charge >= 0.3 is 0 Å². The van der Waals surface area contributed by atoms with Crippen LogP contribution in [0.1, 0.15) is 16.7 Å². The fraction of sp³-hybridized carbons (Fsp3) is 0.120. The molecule has 0 radical (unpaired) electrons. The van der Waals surface area contributed by atoms with Crippen molar-refractivity contribution in [2.24, 2.45) is 0 Å². The summed E-state index contributed by atoms with van der Waals surface area (Å²) in [5.41, 5.74) is 2.03. The third-order valence-corrected chi connectivity index (χ3v) is 5.21. The maximum absolute atomic E-state index is 14.2. The molecule has 2 amide bonds. The molecule has 3 aromatic carbocycles. The standard InChI is InChI=1S/C25H20F2N2O2/c1-28(15-17-7-3-2-4-8-17)23-22(18-11-13-20(26)14-12-18)24(30)29(25(23)31)16-19-9-5-6-10-21(19)27/h2-14H,15-16H2,1H3. The molecule has 31 heavy (non-hydrogen) atoms. The largest absolute Gasteiger partial charge is 0.365 e. The quantitative estimate of drug-likeness (QED) is 0.558. The van der Waals surface area contributed by atoms with Gasteiger partial charge in [0.05, 0.1) is 12.1 Å². The molecule has 0 fully saturated rings. The van der Waals surface area contributed by atoms with Crippen molar-refractivity contribution < 1.29 is 18.4 Å². The van der Waals surface area contributed by atoms with E-state index in [1.165, 1.54) is 30.3 Å². The van der Waals surface area contributed by atoms with Gasteiger partial charge in [0.15, 0.2) is 0 Å². The third-order valence-electron chi connectivity index (χ3n) is 5.21. The van der Waals surface area contributed by atoms with Gasteiger partial charge in [-0.25, -0.2) is 8.78 Å². The number of rotatable bonds is 6. The predicted octanol–water partition coefficient (Wildman–Crippen LogP) is 4.38. The van der Waals surface area contributed by atoms with E-state index < -0.39 is 23.4 Å². The monoisotopic (exact) mass is 418 g/mol. The Morgan fingerprint density at radius 1 is 0.806 bits per heavy atom. The first-order chi connectivity index (χ1) is 15.0. The van der Waals surface area contributed by atoms with E-state index in [1.54, 1.807) is 30.1 Å². The van der Waals surface area contributed by atoms with Gasteiger partial charge in [-0.3, -0.25) is 14.5 Å². The van der Waals surface area contributed by atoms with E-state index in [4.69, 9.17) is 0 Å². The number of amides is 2. The van der Waals surface area contributed by atoms with Gasteiger partial charge in [-0.15, -0.1) is 0 Å². The minimum Gasteiger partial charge on any atom is -0.365 e. The number of carbonyl (C=O) groups is 2. The lowest BCUT2D eigenvalue weighted by Gasteiger charge is -2.21. The van der Waals surface area contributed by atoms with Crippen molar-refractivity contribution in [1.82, 2.24) is 9.80 Å². The van der Waals surface area contributed by atoms with Crippen molar-refractivity contribution in [2.75, 3.05) is 7.05 Å². The Kier molecular flexibility index (Phi) is 5.62. The Balaban J connectivity index is 1.74. The summed E-state index contributed by atoms with van der Waals surface area (Å²) in [6.07, 6.45) is 0. The highest BCUT2D eigenvalue weighted by molar-refractivity contribution is 6.35. The Morgan fingerprint density at radius 3 is 2.13 bits per heavy atom. The zero-order valence-electron chi connectivity index (χ0n) is 16.9. The van der Waals surface area contributed by atoms with Gasteiger partial charge in [0.2, 0.25) is 0 Å². The first kappa shape index (κ1) is 20.5. The van der Waals surface area contributed by atoms with E-state index in [-0.39, 0.29) is 23.4 Å². The molecular formula is C25H20F2N2O2. The number of nitrogens with zero attached hydrogens (tertiary/aromatic N) is 2. The lowest BCUT2D eigenvalue weighted by atomic mass is 10.0. The van der Waals surface area contributed by atoms with E-state index in [0.29, 0.717) is 12.1 Å². The highest BCUT2D eigenvalue weighted by Crippen LogP contribution is 2.33. The lowest BCUT2D eigenvalue weighted by molar-refractivity contribution is -0.138. The van der Waals surface area contributed by atoms with Gasteiger partial charge in [0.1, 0.15) is 17.3 Å². The molecule has 0 aromatic heterocycles.